The molecule has 96 valence electrons. The number of rotatable bonds is 3. The third kappa shape index (κ3) is 2.33. The lowest BCUT2D eigenvalue weighted by Crippen LogP contribution is -1.94. The van der Waals surface area contributed by atoms with Crippen molar-refractivity contribution >= 4 is 27.1 Å². The number of H-pyrrole nitrogens is 1. The van der Waals surface area contributed by atoms with E-state index in [9.17, 15) is 0 Å². The number of ether oxygens (including phenoxy) is 1. The van der Waals surface area contributed by atoms with Crippen molar-refractivity contribution < 1.29 is 4.74 Å². The molecule has 1 aromatic carbocycles. The van der Waals surface area contributed by atoms with Crippen LogP contribution in [-0.4, -0.2) is 21.6 Å². The van der Waals surface area contributed by atoms with Gasteiger partial charge in [0.1, 0.15) is 11.6 Å². The van der Waals surface area contributed by atoms with Gasteiger partial charge in [-0.3, -0.25) is 0 Å². The first-order chi connectivity index (χ1) is 9.28. The van der Waals surface area contributed by atoms with Crippen molar-refractivity contribution in [3.05, 3.63) is 41.0 Å². The quantitative estimate of drug-likeness (QED) is 0.799. The Morgan fingerprint density at radius 3 is 3.00 bits per heavy atom. The predicted molar refractivity (Wildman–Crippen MR) is 78.2 cm³/mol. The standard InChI is InChI=1S/C14H12BrN3O/c1-2-19-12-6-4-3-5-10(12)13-17-11-7-9(15)8-16-14(11)18-13/h3-8H,2H2,1H3,(H,16,17,18). The lowest BCUT2D eigenvalue weighted by atomic mass is 10.2. The van der Waals surface area contributed by atoms with E-state index in [1.54, 1.807) is 6.20 Å². The third-order valence-corrected chi connectivity index (χ3v) is 3.18. The Kier molecular flexibility index (Phi) is 3.21. The van der Waals surface area contributed by atoms with E-state index in [-0.39, 0.29) is 0 Å². The lowest BCUT2D eigenvalue weighted by molar-refractivity contribution is 0.341. The van der Waals surface area contributed by atoms with Gasteiger partial charge in [-0.2, -0.15) is 0 Å². The molecule has 0 aliphatic rings. The molecule has 0 amide bonds. The van der Waals surface area contributed by atoms with Crippen molar-refractivity contribution in [1.82, 2.24) is 15.0 Å². The topological polar surface area (TPSA) is 50.8 Å². The lowest BCUT2D eigenvalue weighted by Gasteiger charge is -2.07. The van der Waals surface area contributed by atoms with E-state index in [2.05, 4.69) is 30.9 Å². The van der Waals surface area contributed by atoms with Gasteiger partial charge < -0.3 is 9.72 Å². The fourth-order valence-electron chi connectivity index (χ4n) is 1.95. The number of para-hydroxylation sites is 1. The smallest absolute Gasteiger partial charge is 0.178 e. The maximum atomic E-state index is 5.62. The van der Waals surface area contributed by atoms with Gasteiger partial charge >= 0.3 is 0 Å². The van der Waals surface area contributed by atoms with Crippen LogP contribution < -0.4 is 4.74 Å². The Morgan fingerprint density at radius 1 is 1.32 bits per heavy atom. The van der Waals surface area contributed by atoms with Crippen LogP contribution in [0.5, 0.6) is 5.75 Å². The zero-order chi connectivity index (χ0) is 13.2. The Morgan fingerprint density at radius 2 is 2.16 bits per heavy atom. The number of halogens is 1. The minimum Gasteiger partial charge on any atom is -0.493 e. The van der Waals surface area contributed by atoms with Crippen LogP contribution in [0.15, 0.2) is 41.0 Å². The van der Waals surface area contributed by atoms with Crippen LogP contribution in [0.1, 0.15) is 6.92 Å². The molecule has 0 fully saturated rings. The van der Waals surface area contributed by atoms with E-state index in [0.29, 0.717) is 12.3 Å². The molecule has 19 heavy (non-hydrogen) atoms. The molecule has 5 heteroatoms. The molecular formula is C14H12BrN3O. The molecule has 0 saturated carbocycles. The molecule has 2 heterocycles. The minimum absolute atomic E-state index is 0.626. The van der Waals surface area contributed by atoms with Gasteiger partial charge in [0.05, 0.1) is 17.7 Å². The number of hydrogen-bond acceptors (Lipinski definition) is 3. The average Bonchev–Trinajstić information content (AvgIpc) is 2.82. The SMILES string of the molecule is CCOc1ccccc1-c1nc2ncc(Br)cc2[nH]1. The first kappa shape index (κ1) is 12.2. The van der Waals surface area contributed by atoms with Gasteiger partial charge in [0.15, 0.2) is 5.65 Å². The first-order valence-corrected chi connectivity index (χ1v) is 6.80. The van der Waals surface area contributed by atoms with Gasteiger partial charge in [0, 0.05) is 10.7 Å². The fourth-order valence-corrected chi connectivity index (χ4v) is 2.28. The fraction of sp³-hybridized carbons (Fsp3) is 0.143. The van der Waals surface area contributed by atoms with Gasteiger partial charge in [-0.15, -0.1) is 0 Å². The molecule has 2 aromatic heterocycles. The van der Waals surface area contributed by atoms with Crippen molar-refractivity contribution in [3.8, 4) is 17.1 Å². The Bertz CT molecular complexity index is 724. The highest BCUT2D eigenvalue weighted by atomic mass is 79.9. The molecule has 0 aliphatic carbocycles. The first-order valence-electron chi connectivity index (χ1n) is 6.01. The highest BCUT2D eigenvalue weighted by Gasteiger charge is 2.11. The molecule has 0 atom stereocenters. The van der Waals surface area contributed by atoms with Crippen LogP contribution in [0, 0.1) is 0 Å². The number of hydrogen-bond donors (Lipinski definition) is 1. The summed E-state index contributed by atoms with van der Waals surface area (Å²) >= 11 is 3.40. The zero-order valence-electron chi connectivity index (χ0n) is 10.4. The van der Waals surface area contributed by atoms with E-state index in [0.717, 1.165) is 27.1 Å². The second kappa shape index (κ2) is 5.01. The van der Waals surface area contributed by atoms with Gasteiger partial charge in [-0.05, 0) is 41.1 Å². The molecule has 0 aliphatic heterocycles. The van der Waals surface area contributed by atoms with Crippen LogP contribution in [0.4, 0.5) is 0 Å². The molecule has 3 aromatic rings. The Hall–Kier alpha value is -1.88. The van der Waals surface area contributed by atoms with Crippen LogP contribution >= 0.6 is 15.9 Å². The number of aromatic nitrogens is 3. The number of benzene rings is 1. The van der Waals surface area contributed by atoms with Gasteiger partial charge in [-0.1, -0.05) is 12.1 Å². The van der Waals surface area contributed by atoms with Crippen molar-refractivity contribution in [2.75, 3.05) is 6.61 Å². The number of imidazole rings is 1. The minimum atomic E-state index is 0.626. The third-order valence-electron chi connectivity index (χ3n) is 2.75. The zero-order valence-corrected chi connectivity index (χ0v) is 11.9. The monoisotopic (exact) mass is 317 g/mol. The molecule has 0 radical (unpaired) electrons. The summed E-state index contributed by atoms with van der Waals surface area (Å²) in [5.74, 6) is 1.59. The summed E-state index contributed by atoms with van der Waals surface area (Å²) in [4.78, 5) is 12.0. The van der Waals surface area contributed by atoms with E-state index in [4.69, 9.17) is 4.74 Å². The van der Waals surface area contributed by atoms with Gasteiger partial charge in [0.25, 0.3) is 0 Å². The predicted octanol–water partition coefficient (Wildman–Crippen LogP) is 3.79. The Balaban J connectivity index is 2.13. The van der Waals surface area contributed by atoms with E-state index in [1.165, 1.54) is 0 Å². The molecule has 1 N–H and O–H groups in total. The Labute approximate surface area is 119 Å². The highest BCUT2D eigenvalue weighted by molar-refractivity contribution is 9.10. The van der Waals surface area contributed by atoms with Crippen molar-refractivity contribution in [2.24, 2.45) is 0 Å². The average molecular weight is 318 g/mol. The van der Waals surface area contributed by atoms with Crippen LogP contribution in [0.3, 0.4) is 0 Å². The molecular weight excluding hydrogens is 306 g/mol. The number of pyridine rings is 1. The van der Waals surface area contributed by atoms with Gasteiger partial charge in [-0.25, -0.2) is 9.97 Å². The van der Waals surface area contributed by atoms with E-state index in [1.807, 2.05) is 37.3 Å². The molecule has 0 unspecified atom stereocenters. The number of nitrogens with one attached hydrogen (secondary N) is 1. The summed E-state index contributed by atoms with van der Waals surface area (Å²) in [6.07, 6.45) is 1.74. The largest absolute Gasteiger partial charge is 0.493 e. The summed E-state index contributed by atoms with van der Waals surface area (Å²) in [6.45, 7) is 2.59. The molecule has 4 nitrogen and oxygen atoms in total. The summed E-state index contributed by atoms with van der Waals surface area (Å²) in [5, 5.41) is 0. The van der Waals surface area contributed by atoms with Crippen molar-refractivity contribution in [3.63, 3.8) is 0 Å². The summed E-state index contributed by atoms with van der Waals surface area (Å²) in [7, 11) is 0. The number of nitrogens with zero attached hydrogens (tertiary/aromatic N) is 2. The molecule has 0 spiro atoms. The molecule has 3 rings (SSSR count). The van der Waals surface area contributed by atoms with Crippen LogP contribution in [0.2, 0.25) is 0 Å². The normalized spacial score (nSPS) is 10.8. The second-order valence-electron chi connectivity index (χ2n) is 4.04. The van der Waals surface area contributed by atoms with Crippen LogP contribution in [0.25, 0.3) is 22.6 Å². The maximum Gasteiger partial charge on any atom is 0.178 e. The number of aromatic amines is 1. The number of fused-ring (bicyclic) bond motifs is 1. The van der Waals surface area contributed by atoms with E-state index < -0.39 is 0 Å². The summed E-state index contributed by atoms with van der Waals surface area (Å²) < 4.78 is 6.55. The van der Waals surface area contributed by atoms with Crippen molar-refractivity contribution in [1.29, 1.82) is 0 Å². The maximum absolute atomic E-state index is 5.62. The van der Waals surface area contributed by atoms with Crippen molar-refractivity contribution in [2.45, 2.75) is 6.92 Å². The second-order valence-corrected chi connectivity index (χ2v) is 4.95. The molecule has 0 saturated heterocycles. The van der Waals surface area contributed by atoms with Crippen LogP contribution in [-0.2, 0) is 0 Å². The van der Waals surface area contributed by atoms with Gasteiger partial charge in [0.2, 0.25) is 0 Å². The molecule has 0 bridgehead atoms. The summed E-state index contributed by atoms with van der Waals surface area (Å²) in [6, 6.07) is 9.80. The highest BCUT2D eigenvalue weighted by Crippen LogP contribution is 2.29. The summed E-state index contributed by atoms with van der Waals surface area (Å²) in [5.41, 5.74) is 2.54. The van der Waals surface area contributed by atoms with E-state index >= 15 is 0 Å².